The van der Waals surface area contributed by atoms with Crippen LogP contribution in [0.3, 0.4) is 0 Å². The maximum atomic E-state index is 12.2. The summed E-state index contributed by atoms with van der Waals surface area (Å²) in [5.41, 5.74) is -1.83. The van der Waals surface area contributed by atoms with Gasteiger partial charge in [0.2, 0.25) is 0 Å². The molecule has 7 N–H and O–H groups in total. The Morgan fingerprint density at radius 1 is 1.13 bits per heavy atom. The number of hydrogen-bond acceptors (Lipinski definition) is 9. The first-order valence-electron chi connectivity index (χ1n) is 8.79. The minimum absolute atomic E-state index is 0.122. The minimum atomic E-state index is -4.92. The highest BCUT2D eigenvalue weighted by atomic mass is 31.2. The van der Waals surface area contributed by atoms with E-state index in [1.54, 1.807) is 0 Å². The predicted octanol–water partition coefficient (Wildman–Crippen LogP) is -2.62. The fourth-order valence-corrected chi connectivity index (χ4v) is 3.34. The van der Waals surface area contributed by atoms with Crippen molar-refractivity contribution >= 4 is 19.0 Å². The molecule has 1 aromatic heterocycles. The Labute approximate surface area is 172 Å². The van der Waals surface area contributed by atoms with Crippen LogP contribution in [0.1, 0.15) is 5.56 Å². The molecule has 15 heteroatoms. The van der Waals surface area contributed by atoms with E-state index in [0.717, 1.165) is 0 Å². The molecule has 0 saturated carbocycles. The Morgan fingerprint density at radius 3 is 2.45 bits per heavy atom. The standard InChI is InChI=1S/C16H19N4O10P/c1-6-2-7-8(3-9(6)21)20(14-12(17-7)15(25)19-16(26)18-14)4-10(22)13(24)11(23)5-30-31(27,28)29/h2-3,10-11,13,22-24H,4-5H2,1H3,(H2,27,28,29)(H2,18,19,25,26). The van der Waals surface area contributed by atoms with Crippen LogP contribution in [0.2, 0.25) is 0 Å². The van der Waals surface area contributed by atoms with Gasteiger partial charge >= 0.3 is 13.5 Å². The fourth-order valence-electron chi connectivity index (χ4n) is 2.99. The van der Waals surface area contributed by atoms with Crippen LogP contribution in [0.15, 0.2) is 26.5 Å². The highest BCUT2D eigenvalue weighted by Gasteiger charge is 2.29. The highest BCUT2D eigenvalue weighted by molar-refractivity contribution is 7.46. The zero-order chi connectivity index (χ0) is 23.1. The molecule has 1 aromatic rings. The molecule has 0 fully saturated rings. The van der Waals surface area contributed by atoms with Gasteiger partial charge in [0, 0.05) is 6.07 Å². The van der Waals surface area contributed by atoms with Crippen LogP contribution in [0, 0.1) is 6.92 Å². The van der Waals surface area contributed by atoms with Crippen LogP contribution in [0.5, 0.6) is 0 Å². The number of fused-ring (bicyclic) bond motifs is 2. The number of nitrogens with one attached hydrogen (secondary N) is 2. The molecule has 0 amide bonds. The van der Waals surface area contributed by atoms with Crippen LogP contribution in [0.25, 0.3) is 22.6 Å². The van der Waals surface area contributed by atoms with Gasteiger partial charge in [-0.05, 0) is 18.6 Å². The van der Waals surface area contributed by atoms with Gasteiger partial charge in [0.1, 0.15) is 24.0 Å². The van der Waals surface area contributed by atoms with Crippen molar-refractivity contribution in [3.05, 3.63) is 48.8 Å². The van der Waals surface area contributed by atoms with Gasteiger partial charge in [-0.3, -0.25) is 24.1 Å². The zero-order valence-corrected chi connectivity index (χ0v) is 16.8. The van der Waals surface area contributed by atoms with Crippen LogP contribution < -0.4 is 16.7 Å². The third kappa shape index (κ3) is 4.97. The third-order valence-electron chi connectivity index (χ3n) is 4.54. The molecular weight excluding hydrogens is 439 g/mol. The molecule has 0 radical (unpaired) electrons. The van der Waals surface area contributed by atoms with Gasteiger partial charge in [0.15, 0.2) is 10.9 Å². The summed E-state index contributed by atoms with van der Waals surface area (Å²) in [6, 6.07) is 2.58. The van der Waals surface area contributed by atoms with Crippen LogP contribution in [0.4, 0.5) is 0 Å². The molecule has 3 atom stereocenters. The SMILES string of the molecule is Cc1cc2nc3c(=O)[nH]c(=O)[nH]c3n(CC(O)C(O)C(O)COP(=O)(O)O)c-2cc1=O. The summed E-state index contributed by atoms with van der Waals surface area (Å²) in [7, 11) is -4.92. The number of phosphoric acid groups is 1. The van der Waals surface area contributed by atoms with Gasteiger partial charge in [0.25, 0.3) is 5.56 Å². The molecule has 0 bridgehead atoms. The second kappa shape index (κ2) is 8.43. The molecule has 0 saturated heterocycles. The first-order chi connectivity index (χ1) is 14.4. The fraction of sp³-hybridized carbons (Fsp3) is 0.375. The molecule has 0 spiro atoms. The Morgan fingerprint density at radius 2 is 1.81 bits per heavy atom. The van der Waals surface area contributed by atoms with E-state index in [1.165, 1.54) is 23.6 Å². The quantitative estimate of drug-likeness (QED) is 0.143. The lowest BCUT2D eigenvalue weighted by Crippen LogP contribution is -2.42. The lowest BCUT2D eigenvalue weighted by molar-refractivity contribution is -0.0792. The lowest BCUT2D eigenvalue weighted by Gasteiger charge is -2.26. The average Bonchev–Trinajstić information content (AvgIpc) is 2.67. The van der Waals surface area contributed by atoms with Crippen molar-refractivity contribution in [1.29, 1.82) is 0 Å². The Bertz CT molecular complexity index is 1310. The van der Waals surface area contributed by atoms with E-state index in [4.69, 9.17) is 9.79 Å². The van der Waals surface area contributed by atoms with E-state index >= 15 is 0 Å². The number of aromatic amines is 2. The van der Waals surface area contributed by atoms with Gasteiger partial charge in [-0.1, -0.05) is 0 Å². The van der Waals surface area contributed by atoms with Crippen molar-refractivity contribution in [1.82, 2.24) is 19.5 Å². The van der Waals surface area contributed by atoms with E-state index in [9.17, 15) is 34.3 Å². The second-order valence-corrected chi connectivity index (χ2v) is 8.09. The predicted molar refractivity (Wildman–Crippen MR) is 105 cm³/mol. The number of H-pyrrole nitrogens is 2. The van der Waals surface area contributed by atoms with E-state index in [1.807, 2.05) is 4.98 Å². The smallest absolute Gasteiger partial charge is 0.388 e. The largest absolute Gasteiger partial charge is 0.469 e. The number of benzene rings is 1. The number of phosphoric ester groups is 1. The zero-order valence-electron chi connectivity index (χ0n) is 15.9. The monoisotopic (exact) mass is 458 g/mol. The number of aliphatic hydroxyl groups is 3. The summed E-state index contributed by atoms with van der Waals surface area (Å²) in [6.45, 7) is 0.0159. The number of rotatable bonds is 7. The van der Waals surface area contributed by atoms with Crippen molar-refractivity contribution in [3.8, 4) is 11.4 Å². The molecule has 0 aromatic carbocycles. The van der Waals surface area contributed by atoms with Gasteiger partial charge in [0.05, 0.1) is 24.5 Å². The highest BCUT2D eigenvalue weighted by Crippen LogP contribution is 2.36. The van der Waals surface area contributed by atoms with Crippen molar-refractivity contribution < 1.29 is 34.2 Å². The molecule has 2 aliphatic rings. The van der Waals surface area contributed by atoms with Gasteiger partial charge in [-0.2, -0.15) is 0 Å². The molecule has 3 unspecified atom stereocenters. The van der Waals surface area contributed by atoms with Crippen molar-refractivity contribution in [2.75, 3.05) is 6.61 Å². The molecule has 1 aliphatic heterocycles. The van der Waals surface area contributed by atoms with Crippen molar-refractivity contribution in [3.63, 3.8) is 0 Å². The van der Waals surface area contributed by atoms with Crippen LogP contribution >= 0.6 is 7.82 Å². The summed E-state index contributed by atoms with van der Waals surface area (Å²) < 4.78 is 16.0. The molecule has 31 heavy (non-hydrogen) atoms. The molecule has 14 nitrogen and oxygen atoms in total. The minimum Gasteiger partial charge on any atom is -0.388 e. The van der Waals surface area contributed by atoms with Gasteiger partial charge < -0.3 is 29.7 Å². The maximum Gasteiger partial charge on any atom is 0.469 e. The molecule has 1 aliphatic carbocycles. The Balaban J connectivity index is 2.08. The second-order valence-electron chi connectivity index (χ2n) is 6.85. The van der Waals surface area contributed by atoms with E-state index < -0.39 is 50.5 Å². The average molecular weight is 458 g/mol. The third-order valence-corrected chi connectivity index (χ3v) is 5.02. The number of aliphatic hydroxyl groups excluding tert-OH is 3. The summed E-state index contributed by atoms with van der Waals surface area (Å²) in [5, 5.41) is 30.4. The summed E-state index contributed by atoms with van der Waals surface area (Å²) in [5.74, 6) is 0. The van der Waals surface area contributed by atoms with Crippen LogP contribution in [-0.4, -0.2) is 69.5 Å². The van der Waals surface area contributed by atoms with Crippen molar-refractivity contribution in [2.45, 2.75) is 31.8 Å². The lowest BCUT2D eigenvalue weighted by atomic mass is 10.1. The Kier molecular flexibility index (Phi) is 6.25. The molecule has 2 heterocycles. The van der Waals surface area contributed by atoms with E-state index in [-0.39, 0.29) is 28.0 Å². The van der Waals surface area contributed by atoms with Gasteiger partial charge in [-0.25, -0.2) is 14.3 Å². The van der Waals surface area contributed by atoms with Gasteiger partial charge in [-0.15, -0.1) is 0 Å². The summed E-state index contributed by atoms with van der Waals surface area (Å²) in [6.07, 6.45) is -5.60. The number of aryl methyl sites for hydroxylation is 1. The molecular formula is C16H19N4O10P. The summed E-state index contributed by atoms with van der Waals surface area (Å²) in [4.78, 5) is 62.0. The van der Waals surface area contributed by atoms with Crippen LogP contribution in [-0.2, 0) is 15.6 Å². The molecule has 168 valence electrons. The maximum absolute atomic E-state index is 12.2. The Hall–Kier alpha value is -2.71. The first kappa shape index (κ1) is 23.0. The first-order valence-corrected chi connectivity index (χ1v) is 10.3. The number of hydrogen-bond donors (Lipinski definition) is 7. The normalized spacial score (nSPS) is 15.3. The number of nitrogens with zero attached hydrogens (tertiary/aromatic N) is 2. The number of aromatic nitrogens is 4. The van der Waals surface area contributed by atoms with E-state index in [0.29, 0.717) is 5.56 Å². The van der Waals surface area contributed by atoms with E-state index in [2.05, 4.69) is 14.5 Å². The molecule has 3 rings (SSSR count). The summed E-state index contributed by atoms with van der Waals surface area (Å²) >= 11 is 0. The van der Waals surface area contributed by atoms with Crippen molar-refractivity contribution in [2.24, 2.45) is 0 Å². The topological polar surface area (TPSA) is 228 Å².